The topological polar surface area (TPSA) is 77.2 Å². The predicted octanol–water partition coefficient (Wildman–Crippen LogP) is 3.83. The zero-order valence-electron chi connectivity index (χ0n) is 16.1. The van der Waals surface area contributed by atoms with Crippen LogP contribution in [0.1, 0.15) is 41.4 Å². The molecule has 0 aliphatic carbocycles. The molecule has 0 aliphatic heterocycles. The number of benzene rings is 2. The molecular formula is C22H26ClN3O2. The van der Waals surface area contributed by atoms with Crippen molar-refractivity contribution in [2.24, 2.45) is 0 Å². The molecule has 1 heterocycles. The first kappa shape index (κ1) is 20.4. The number of amides is 1. The Morgan fingerprint density at radius 1 is 1.25 bits per heavy atom. The van der Waals surface area contributed by atoms with Crippen molar-refractivity contribution in [3.05, 3.63) is 70.4 Å². The summed E-state index contributed by atoms with van der Waals surface area (Å²) in [5, 5.41) is 18.3. The molecule has 0 unspecified atom stereocenters. The first-order valence-corrected chi connectivity index (χ1v) is 9.90. The van der Waals surface area contributed by atoms with Gasteiger partial charge in [-0.1, -0.05) is 29.8 Å². The Kier molecular flexibility index (Phi) is 6.73. The predicted molar refractivity (Wildman–Crippen MR) is 114 cm³/mol. The van der Waals surface area contributed by atoms with Crippen molar-refractivity contribution >= 4 is 28.4 Å². The molecule has 0 spiro atoms. The summed E-state index contributed by atoms with van der Waals surface area (Å²) in [6.07, 6.45) is 2.18. The van der Waals surface area contributed by atoms with E-state index in [4.69, 9.17) is 11.6 Å². The Balaban J connectivity index is 1.61. The van der Waals surface area contributed by atoms with Crippen LogP contribution in [-0.2, 0) is 6.42 Å². The molecule has 0 aliphatic rings. The number of hydrogen-bond acceptors (Lipinski definition) is 3. The highest BCUT2D eigenvalue weighted by molar-refractivity contribution is 6.30. The standard InChI is InChI=1S/C22H26ClN3O2/c1-3-24-22(28)16-7-8-19-17(12-26-20(19)11-16)9-14(2)25-13-21(27)15-5-4-6-18(23)10-15/h4-8,10-12,14,21,25-27H,3,9,13H2,1-2H3,(H,24,28)/t14-,21+/m1/s1. The van der Waals surface area contributed by atoms with Crippen molar-refractivity contribution in [2.75, 3.05) is 13.1 Å². The highest BCUT2D eigenvalue weighted by atomic mass is 35.5. The quantitative estimate of drug-likeness (QED) is 0.465. The molecule has 0 radical (unpaired) electrons. The third kappa shape index (κ3) is 4.93. The number of carbonyl (C=O) groups is 1. The summed E-state index contributed by atoms with van der Waals surface area (Å²) >= 11 is 5.99. The average molecular weight is 400 g/mol. The van der Waals surface area contributed by atoms with Crippen molar-refractivity contribution < 1.29 is 9.90 Å². The van der Waals surface area contributed by atoms with Gasteiger partial charge in [-0.15, -0.1) is 0 Å². The van der Waals surface area contributed by atoms with Crippen LogP contribution in [0.3, 0.4) is 0 Å². The largest absolute Gasteiger partial charge is 0.387 e. The molecule has 2 atom stereocenters. The third-order valence-electron chi connectivity index (χ3n) is 4.79. The van der Waals surface area contributed by atoms with Crippen LogP contribution in [0.25, 0.3) is 10.9 Å². The summed E-state index contributed by atoms with van der Waals surface area (Å²) in [7, 11) is 0. The van der Waals surface area contributed by atoms with E-state index in [-0.39, 0.29) is 11.9 Å². The number of carbonyl (C=O) groups excluding carboxylic acids is 1. The van der Waals surface area contributed by atoms with E-state index in [2.05, 4.69) is 22.5 Å². The van der Waals surface area contributed by atoms with Gasteiger partial charge in [0.05, 0.1) is 6.10 Å². The molecule has 4 N–H and O–H groups in total. The zero-order chi connectivity index (χ0) is 20.1. The van der Waals surface area contributed by atoms with Gasteiger partial charge < -0.3 is 20.7 Å². The van der Waals surface area contributed by atoms with Crippen molar-refractivity contribution in [2.45, 2.75) is 32.4 Å². The number of halogens is 1. The lowest BCUT2D eigenvalue weighted by Crippen LogP contribution is -2.32. The highest BCUT2D eigenvalue weighted by Gasteiger charge is 2.13. The maximum absolute atomic E-state index is 12.0. The molecule has 0 fully saturated rings. The van der Waals surface area contributed by atoms with E-state index in [1.807, 2.05) is 43.5 Å². The van der Waals surface area contributed by atoms with Crippen molar-refractivity contribution in [3.63, 3.8) is 0 Å². The van der Waals surface area contributed by atoms with Gasteiger partial charge in [0.2, 0.25) is 0 Å². The summed E-state index contributed by atoms with van der Waals surface area (Å²) in [5.41, 5.74) is 3.58. The Morgan fingerprint density at radius 3 is 2.82 bits per heavy atom. The Labute approximate surface area is 170 Å². The van der Waals surface area contributed by atoms with Gasteiger partial charge in [-0.25, -0.2) is 0 Å². The van der Waals surface area contributed by atoms with E-state index in [0.29, 0.717) is 23.7 Å². The number of aliphatic hydroxyl groups is 1. The van der Waals surface area contributed by atoms with E-state index < -0.39 is 6.10 Å². The van der Waals surface area contributed by atoms with E-state index in [9.17, 15) is 9.90 Å². The molecule has 0 saturated heterocycles. The molecular weight excluding hydrogens is 374 g/mol. The maximum Gasteiger partial charge on any atom is 0.251 e. The summed E-state index contributed by atoms with van der Waals surface area (Å²) in [6.45, 7) is 5.05. The van der Waals surface area contributed by atoms with Gasteiger partial charge >= 0.3 is 0 Å². The number of aromatic amines is 1. The minimum absolute atomic E-state index is 0.0643. The van der Waals surface area contributed by atoms with Crippen LogP contribution in [0.5, 0.6) is 0 Å². The molecule has 1 amide bonds. The van der Waals surface area contributed by atoms with Gasteiger partial charge in [0.25, 0.3) is 5.91 Å². The minimum Gasteiger partial charge on any atom is -0.387 e. The third-order valence-corrected chi connectivity index (χ3v) is 5.02. The second-order valence-corrected chi connectivity index (χ2v) is 7.45. The SMILES string of the molecule is CCNC(=O)c1ccc2c(C[C@@H](C)NC[C@H](O)c3cccc(Cl)c3)c[nH]c2c1. The van der Waals surface area contributed by atoms with Crippen molar-refractivity contribution in [1.82, 2.24) is 15.6 Å². The second-order valence-electron chi connectivity index (χ2n) is 7.02. The normalized spacial score (nSPS) is 13.4. The monoisotopic (exact) mass is 399 g/mol. The van der Waals surface area contributed by atoms with Gasteiger partial charge in [-0.2, -0.15) is 0 Å². The van der Waals surface area contributed by atoms with Crippen LogP contribution in [-0.4, -0.2) is 35.1 Å². The van der Waals surface area contributed by atoms with Crippen LogP contribution < -0.4 is 10.6 Å². The van der Waals surface area contributed by atoms with Gasteiger partial charge in [-0.3, -0.25) is 4.79 Å². The molecule has 3 rings (SSSR count). The van der Waals surface area contributed by atoms with E-state index >= 15 is 0 Å². The number of fused-ring (bicyclic) bond motifs is 1. The van der Waals surface area contributed by atoms with Crippen LogP contribution in [0.4, 0.5) is 0 Å². The fourth-order valence-electron chi connectivity index (χ4n) is 3.31. The molecule has 5 nitrogen and oxygen atoms in total. The molecule has 2 aromatic carbocycles. The van der Waals surface area contributed by atoms with E-state index in [1.54, 1.807) is 12.1 Å². The average Bonchev–Trinajstić information content (AvgIpc) is 3.08. The van der Waals surface area contributed by atoms with Gasteiger partial charge in [0.15, 0.2) is 0 Å². The van der Waals surface area contributed by atoms with Gasteiger partial charge in [0, 0.05) is 46.8 Å². The maximum atomic E-state index is 12.0. The second kappa shape index (κ2) is 9.24. The summed E-state index contributed by atoms with van der Waals surface area (Å²) in [6, 6.07) is 13.2. The smallest absolute Gasteiger partial charge is 0.251 e. The van der Waals surface area contributed by atoms with E-state index in [0.717, 1.165) is 22.9 Å². The van der Waals surface area contributed by atoms with Crippen LogP contribution >= 0.6 is 11.6 Å². The Hall–Kier alpha value is -2.34. The molecule has 6 heteroatoms. The molecule has 28 heavy (non-hydrogen) atoms. The zero-order valence-corrected chi connectivity index (χ0v) is 16.9. The van der Waals surface area contributed by atoms with Crippen LogP contribution in [0.15, 0.2) is 48.7 Å². The molecule has 0 saturated carbocycles. The fourth-order valence-corrected chi connectivity index (χ4v) is 3.50. The number of hydrogen-bond donors (Lipinski definition) is 4. The number of aliphatic hydroxyl groups excluding tert-OH is 1. The fraction of sp³-hybridized carbons (Fsp3) is 0.318. The van der Waals surface area contributed by atoms with Gasteiger partial charge in [-0.05, 0) is 55.7 Å². The summed E-state index contributed by atoms with van der Waals surface area (Å²) in [4.78, 5) is 15.2. The first-order chi connectivity index (χ1) is 13.5. The van der Waals surface area contributed by atoms with E-state index in [1.165, 1.54) is 5.56 Å². The number of H-pyrrole nitrogens is 1. The Morgan fingerprint density at radius 2 is 2.07 bits per heavy atom. The highest BCUT2D eigenvalue weighted by Crippen LogP contribution is 2.22. The van der Waals surface area contributed by atoms with Gasteiger partial charge in [0.1, 0.15) is 0 Å². The lowest BCUT2D eigenvalue weighted by molar-refractivity contribution is 0.0956. The molecule has 148 valence electrons. The lowest BCUT2D eigenvalue weighted by Gasteiger charge is -2.17. The minimum atomic E-state index is -0.608. The Bertz CT molecular complexity index is 954. The lowest BCUT2D eigenvalue weighted by atomic mass is 10.0. The number of rotatable bonds is 8. The molecule has 1 aromatic heterocycles. The van der Waals surface area contributed by atoms with Crippen LogP contribution in [0, 0.1) is 0 Å². The van der Waals surface area contributed by atoms with Crippen LogP contribution in [0.2, 0.25) is 5.02 Å². The number of aromatic nitrogens is 1. The molecule has 3 aromatic rings. The number of nitrogens with one attached hydrogen (secondary N) is 3. The summed E-state index contributed by atoms with van der Waals surface area (Å²) in [5.74, 6) is -0.0643. The van der Waals surface area contributed by atoms with Crippen molar-refractivity contribution in [1.29, 1.82) is 0 Å². The molecule has 0 bridgehead atoms. The van der Waals surface area contributed by atoms with Crippen molar-refractivity contribution in [3.8, 4) is 0 Å². The summed E-state index contributed by atoms with van der Waals surface area (Å²) < 4.78 is 0. The first-order valence-electron chi connectivity index (χ1n) is 9.53.